The summed E-state index contributed by atoms with van der Waals surface area (Å²) in [6.07, 6.45) is 0. The molecule has 0 aromatic heterocycles. The second kappa shape index (κ2) is 2.76. The predicted octanol–water partition coefficient (Wildman–Crippen LogP) is 1.75. The maximum atomic E-state index is 11.3. The zero-order valence-electron chi connectivity index (χ0n) is 7.72. The molecule has 68 valence electrons. The van der Waals surface area contributed by atoms with Gasteiger partial charge in [-0.3, -0.25) is 4.79 Å². The molecular weight excluding hydrogens is 164 g/mol. The Morgan fingerprint density at radius 1 is 1.31 bits per heavy atom. The summed E-state index contributed by atoms with van der Waals surface area (Å²) in [6.45, 7) is 3.88. The number of benzene rings is 1. The van der Waals surface area contributed by atoms with E-state index in [2.05, 4.69) is 10.6 Å². The number of aryl methyl sites for hydroxylation is 1. The third kappa shape index (κ3) is 1.37. The molecule has 1 aliphatic heterocycles. The molecule has 0 spiro atoms. The summed E-state index contributed by atoms with van der Waals surface area (Å²) in [4.78, 5) is 11.3. The van der Waals surface area contributed by atoms with Crippen molar-refractivity contribution < 1.29 is 4.79 Å². The van der Waals surface area contributed by atoms with E-state index in [0.717, 1.165) is 11.4 Å². The van der Waals surface area contributed by atoms with Gasteiger partial charge in [-0.15, -0.1) is 0 Å². The Kier molecular flexibility index (Phi) is 1.72. The first-order chi connectivity index (χ1) is 6.16. The van der Waals surface area contributed by atoms with E-state index in [-0.39, 0.29) is 11.9 Å². The van der Waals surface area contributed by atoms with Crippen molar-refractivity contribution in [2.45, 2.75) is 19.9 Å². The van der Waals surface area contributed by atoms with Crippen molar-refractivity contribution >= 4 is 17.3 Å². The second-order valence-corrected chi connectivity index (χ2v) is 3.40. The van der Waals surface area contributed by atoms with Gasteiger partial charge in [0.05, 0.1) is 11.4 Å². The molecule has 1 atom stereocenters. The lowest BCUT2D eigenvalue weighted by molar-refractivity contribution is -0.116. The monoisotopic (exact) mass is 176 g/mol. The Bertz CT molecular complexity index is 360. The van der Waals surface area contributed by atoms with Crippen molar-refractivity contribution in [2.75, 3.05) is 10.6 Å². The predicted molar refractivity (Wildman–Crippen MR) is 52.9 cm³/mol. The van der Waals surface area contributed by atoms with Crippen LogP contribution in [0.4, 0.5) is 11.4 Å². The minimum absolute atomic E-state index is 0.0244. The number of amides is 1. The van der Waals surface area contributed by atoms with Crippen LogP contribution in [0.25, 0.3) is 0 Å². The standard InChI is InChI=1S/C10H12N2O/c1-6-3-4-8-9(5-6)11-7(2)10(13)12-8/h3-5,7,11H,1-2H3,(H,12,13)/t7-/m1/s1. The molecular formula is C10H12N2O. The van der Waals surface area contributed by atoms with Gasteiger partial charge in [-0.2, -0.15) is 0 Å². The van der Waals surface area contributed by atoms with Crippen LogP contribution in [0, 0.1) is 6.92 Å². The number of nitrogens with one attached hydrogen (secondary N) is 2. The molecule has 2 N–H and O–H groups in total. The van der Waals surface area contributed by atoms with Crippen molar-refractivity contribution in [2.24, 2.45) is 0 Å². The third-order valence-corrected chi connectivity index (χ3v) is 2.20. The molecule has 13 heavy (non-hydrogen) atoms. The summed E-state index contributed by atoms with van der Waals surface area (Å²) in [6, 6.07) is 5.79. The van der Waals surface area contributed by atoms with E-state index in [0.29, 0.717) is 0 Å². The highest BCUT2D eigenvalue weighted by Gasteiger charge is 2.20. The van der Waals surface area contributed by atoms with Gasteiger partial charge in [0.25, 0.3) is 0 Å². The van der Waals surface area contributed by atoms with Crippen LogP contribution in [-0.2, 0) is 4.79 Å². The van der Waals surface area contributed by atoms with E-state index in [1.165, 1.54) is 5.56 Å². The van der Waals surface area contributed by atoms with Gasteiger partial charge in [0.1, 0.15) is 6.04 Å². The summed E-state index contributed by atoms with van der Waals surface area (Å²) in [5, 5.41) is 5.97. The topological polar surface area (TPSA) is 41.1 Å². The SMILES string of the molecule is Cc1ccc2c(c1)N[C@H](C)C(=O)N2. The summed E-state index contributed by atoms with van der Waals surface area (Å²) in [7, 11) is 0. The highest BCUT2D eigenvalue weighted by molar-refractivity contribution is 6.02. The van der Waals surface area contributed by atoms with Gasteiger partial charge in [-0.1, -0.05) is 6.07 Å². The normalized spacial score (nSPS) is 20.2. The Morgan fingerprint density at radius 3 is 2.85 bits per heavy atom. The fraction of sp³-hybridized carbons (Fsp3) is 0.300. The largest absolute Gasteiger partial charge is 0.372 e. The van der Waals surface area contributed by atoms with Gasteiger partial charge < -0.3 is 10.6 Å². The molecule has 3 nitrogen and oxygen atoms in total. The number of carbonyl (C=O) groups is 1. The Labute approximate surface area is 77.1 Å². The Morgan fingerprint density at radius 2 is 2.08 bits per heavy atom. The highest BCUT2D eigenvalue weighted by atomic mass is 16.2. The molecule has 0 saturated carbocycles. The van der Waals surface area contributed by atoms with Gasteiger partial charge in [-0.05, 0) is 31.5 Å². The van der Waals surface area contributed by atoms with Crippen LogP contribution in [0.15, 0.2) is 18.2 Å². The fourth-order valence-corrected chi connectivity index (χ4v) is 1.43. The number of anilines is 2. The van der Waals surface area contributed by atoms with Crippen LogP contribution in [0.5, 0.6) is 0 Å². The zero-order valence-corrected chi connectivity index (χ0v) is 7.72. The Balaban J connectivity index is 2.42. The average Bonchev–Trinajstić information content (AvgIpc) is 2.08. The van der Waals surface area contributed by atoms with Crippen LogP contribution in [0.1, 0.15) is 12.5 Å². The lowest BCUT2D eigenvalue weighted by Crippen LogP contribution is -2.36. The van der Waals surface area contributed by atoms with Gasteiger partial charge in [-0.25, -0.2) is 0 Å². The third-order valence-electron chi connectivity index (χ3n) is 2.20. The molecule has 0 saturated heterocycles. The summed E-state index contributed by atoms with van der Waals surface area (Å²) < 4.78 is 0. The van der Waals surface area contributed by atoms with Crippen LogP contribution in [-0.4, -0.2) is 11.9 Å². The van der Waals surface area contributed by atoms with Gasteiger partial charge in [0.15, 0.2) is 0 Å². The van der Waals surface area contributed by atoms with E-state index in [1.54, 1.807) is 0 Å². The zero-order chi connectivity index (χ0) is 9.42. The second-order valence-electron chi connectivity index (χ2n) is 3.40. The summed E-state index contributed by atoms with van der Waals surface area (Å²) in [5.74, 6) is 0.0244. The first kappa shape index (κ1) is 8.10. The number of fused-ring (bicyclic) bond motifs is 1. The lowest BCUT2D eigenvalue weighted by Gasteiger charge is -2.24. The van der Waals surface area contributed by atoms with Gasteiger partial charge in [0.2, 0.25) is 5.91 Å². The Hall–Kier alpha value is -1.51. The highest BCUT2D eigenvalue weighted by Crippen LogP contribution is 2.27. The maximum Gasteiger partial charge on any atom is 0.246 e. The molecule has 1 aromatic rings. The van der Waals surface area contributed by atoms with Gasteiger partial charge in [0, 0.05) is 0 Å². The van der Waals surface area contributed by atoms with Crippen LogP contribution in [0.2, 0.25) is 0 Å². The van der Waals surface area contributed by atoms with E-state index in [1.807, 2.05) is 32.0 Å². The summed E-state index contributed by atoms with van der Waals surface area (Å²) >= 11 is 0. The van der Waals surface area contributed by atoms with Crippen LogP contribution in [0.3, 0.4) is 0 Å². The van der Waals surface area contributed by atoms with Crippen molar-refractivity contribution in [3.05, 3.63) is 23.8 Å². The molecule has 0 aliphatic carbocycles. The molecule has 0 bridgehead atoms. The molecule has 1 amide bonds. The van der Waals surface area contributed by atoms with E-state index >= 15 is 0 Å². The van der Waals surface area contributed by atoms with E-state index in [9.17, 15) is 4.79 Å². The first-order valence-corrected chi connectivity index (χ1v) is 4.35. The first-order valence-electron chi connectivity index (χ1n) is 4.35. The fourth-order valence-electron chi connectivity index (χ4n) is 1.43. The van der Waals surface area contributed by atoms with Crippen molar-refractivity contribution in [3.63, 3.8) is 0 Å². The minimum atomic E-state index is -0.144. The maximum absolute atomic E-state index is 11.3. The van der Waals surface area contributed by atoms with E-state index in [4.69, 9.17) is 0 Å². The van der Waals surface area contributed by atoms with Crippen LogP contribution < -0.4 is 10.6 Å². The quantitative estimate of drug-likeness (QED) is 0.632. The van der Waals surface area contributed by atoms with Gasteiger partial charge >= 0.3 is 0 Å². The molecule has 0 fully saturated rings. The minimum Gasteiger partial charge on any atom is -0.372 e. The molecule has 1 aromatic carbocycles. The van der Waals surface area contributed by atoms with Crippen molar-refractivity contribution in [1.82, 2.24) is 0 Å². The molecule has 0 radical (unpaired) electrons. The average molecular weight is 176 g/mol. The smallest absolute Gasteiger partial charge is 0.246 e. The van der Waals surface area contributed by atoms with E-state index < -0.39 is 0 Å². The number of hydrogen-bond acceptors (Lipinski definition) is 2. The molecule has 3 heteroatoms. The molecule has 2 rings (SSSR count). The molecule has 0 unspecified atom stereocenters. The number of carbonyl (C=O) groups excluding carboxylic acids is 1. The summed E-state index contributed by atoms with van der Waals surface area (Å²) in [5.41, 5.74) is 3.07. The lowest BCUT2D eigenvalue weighted by atomic mass is 10.1. The molecule has 1 heterocycles. The number of hydrogen-bond donors (Lipinski definition) is 2. The van der Waals surface area contributed by atoms with Crippen molar-refractivity contribution in [1.29, 1.82) is 0 Å². The molecule has 1 aliphatic rings. The van der Waals surface area contributed by atoms with Crippen LogP contribution >= 0.6 is 0 Å². The number of rotatable bonds is 0. The van der Waals surface area contributed by atoms with Crippen molar-refractivity contribution in [3.8, 4) is 0 Å².